The summed E-state index contributed by atoms with van der Waals surface area (Å²) >= 11 is 6.83. The molecule has 0 saturated carbocycles. The summed E-state index contributed by atoms with van der Waals surface area (Å²) < 4.78 is 43.0. The van der Waals surface area contributed by atoms with E-state index in [-0.39, 0.29) is 22.6 Å². The number of carbonyl (C=O) groups is 1. The van der Waals surface area contributed by atoms with Crippen LogP contribution in [0.4, 0.5) is 18.9 Å². The molecule has 27 heavy (non-hydrogen) atoms. The van der Waals surface area contributed by atoms with Crippen LogP contribution in [0.15, 0.2) is 58.2 Å². The number of aromatic nitrogens is 2. The molecule has 0 atom stereocenters. The summed E-state index contributed by atoms with van der Waals surface area (Å²) in [5, 5.41) is 11.0. The van der Waals surface area contributed by atoms with Crippen LogP contribution in [0.5, 0.6) is 0 Å². The normalized spacial score (nSPS) is 11.4. The fourth-order valence-corrected chi connectivity index (χ4v) is 2.73. The van der Waals surface area contributed by atoms with Crippen LogP contribution in [0.25, 0.3) is 11.5 Å². The van der Waals surface area contributed by atoms with Gasteiger partial charge in [0.2, 0.25) is 11.8 Å². The van der Waals surface area contributed by atoms with Gasteiger partial charge in [0.1, 0.15) is 0 Å². The first kappa shape index (κ1) is 19.2. The van der Waals surface area contributed by atoms with Crippen molar-refractivity contribution in [3.63, 3.8) is 0 Å². The Hall–Kier alpha value is -2.52. The first-order valence-corrected chi connectivity index (χ1v) is 8.87. The van der Waals surface area contributed by atoms with Crippen LogP contribution >= 0.6 is 23.4 Å². The molecule has 3 aromatic rings. The third-order valence-corrected chi connectivity index (χ3v) is 4.39. The van der Waals surface area contributed by atoms with Gasteiger partial charge in [-0.2, -0.15) is 13.2 Å². The van der Waals surface area contributed by atoms with E-state index in [1.165, 1.54) is 12.1 Å². The maximum absolute atomic E-state index is 12.5. The maximum Gasteiger partial charge on any atom is 0.416 e. The molecule has 0 aliphatic heterocycles. The van der Waals surface area contributed by atoms with E-state index in [4.69, 9.17) is 16.0 Å². The molecule has 0 saturated heterocycles. The van der Waals surface area contributed by atoms with Crippen LogP contribution < -0.4 is 5.32 Å². The number of nitrogens with zero attached hydrogens (tertiary/aromatic N) is 2. The smallest absolute Gasteiger partial charge is 0.411 e. The van der Waals surface area contributed by atoms with Crippen molar-refractivity contribution in [2.45, 2.75) is 11.4 Å². The minimum Gasteiger partial charge on any atom is -0.411 e. The van der Waals surface area contributed by atoms with E-state index in [9.17, 15) is 18.0 Å². The van der Waals surface area contributed by atoms with Crippen molar-refractivity contribution in [1.29, 1.82) is 0 Å². The van der Waals surface area contributed by atoms with E-state index in [1.807, 2.05) is 0 Å². The van der Waals surface area contributed by atoms with Gasteiger partial charge in [-0.15, -0.1) is 10.2 Å². The molecule has 1 heterocycles. The highest BCUT2D eigenvalue weighted by molar-refractivity contribution is 7.99. The number of nitrogens with one attached hydrogen (secondary N) is 1. The molecule has 0 spiro atoms. The average Bonchev–Trinajstić information content (AvgIpc) is 3.09. The number of carbonyl (C=O) groups excluding carboxylic acids is 1. The molecule has 140 valence electrons. The van der Waals surface area contributed by atoms with Gasteiger partial charge in [0.15, 0.2) is 0 Å². The second kappa shape index (κ2) is 8.01. The van der Waals surface area contributed by atoms with Crippen LogP contribution in [0.2, 0.25) is 5.02 Å². The quantitative estimate of drug-likeness (QED) is 0.586. The fourth-order valence-electron chi connectivity index (χ4n) is 2.04. The SMILES string of the molecule is O=C(CSc1nnc(-c2ccc(Cl)cc2)o1)Nc1ccc(C(F)(F)F)cc1. The van der Waals surface area contributed by atoms with Crippen molar-refractivity contribution in [3.05, 3.63) is 59.1 Å². The summed E-state index contributed by atoms with van der Waals surface area (Å²) in [6, 6.07) is 11.0. The van der Waals surface area contributed by atoms with Gasteiger partial charge in [-0.05, 0) is 48.5 Å². The Balaban J connectivity index is 1.54. The van der Waals surface area contributed by atoms with Gasteiger partial charge in [0.05, 0.1) is 11.3 Å². The van der Waals surface area contributed by atoms with E-state index in [2.05, 4.69) is 15.5 Å². The average molecular weight is 414 g/mol. The molecule has 2 aromatic carbocycles. The second-order valence-corrected chi connectivity index (χ2v) is 6.66. The Labute approximate surface area is 160 Å². The first-order valence-electron chi connectivity index (χ1n) is 7.50. The highest BCUT2D eigenvalue weighted by Gasteiger charge is 2.30. The lowest BCUT2D eigenvalue weighted by Crippen LogP contribution is -2.14. The largest absolute Gasteiger partial charge is 0.416 e. The molecular formula is C17H11ClF3N3O2S. The summed E-state index contributed by atoms with van der Waals surface area (Å²) in [4.78, 5) is 11.9. The Bertz CT molecular complexity index is 928. The second-order valence-electron chi connectivity index (χ2n) is 5.29. The molecule has 0 radical (unpaired) electrons. The van der Waals surface area contributed by atoms with Gasteiger partial charge in [0.25, 0.3) is 5.22 Å². The topological polar surface area (TPSA) is 68.0 Å². The summed E-state index contributed by atoms with van der Waals surface area (Å²) in [7, 11) is 0. The Morgan fingerprint density at radius 1 is 1.07 bits per heavy atom. The van der Waals surface area contributed by atoms with Crippen molar-refractivity contribution < 1.29 is 22.4 Å². The standard InChI is InChI=1S/C17H11ClF3N3O2S/c18-12-5-1-10(2-6-12)15-23-24-16(26-15)27-9-14(25)22-13-7-3-11(4-8-13)17(19,20)21/h1-8H,9H2,(H,22,25). The van der Waals surface area contributed by atoms with Crippen molar-refractivity contribution >= 4 is 35.0 Å². The fraction of sp³-hybridized carbons (Fsp3) is 0.118. The van der Waals surface area contributed by atoms with Gasteiger partial charge in [-0.3, -0.25) is 4.79 Å². The lowest BCUT2D eigenvalue weighted by molar-refractivity contribution is -0.137. The number of rotatable bonds is 5. The van der Waals surface area contributed by atoms with E-state index < -0.39 is 17.6 Å². The summed E-state index contributed by atoms with van der Waals surface area (Å²) in [5.74, 6) is -0.160. The number of halogens is 4. The maximum atomic E-state index is 12.5. The Morgan fingerprint density at radius 3 is 2.37 bits per heavy atom. The molecule has 0 aliphatic rings. The van der Waals surface area contributed by atoms with E-state index >= 15 is 0 Å². The van der Waals surface area contributed by atoms with Crippen LogP contribution in [0.1, 0.15) is 5.56 Å². The number of thioether (sulfide) groups is 1. The van der Waals surface area contributed by atoms with Crippen LogP contribution in [0.3, 0.4) is 0 Å². The van der Waals surface area contributed by atoms with E-state index in [0.29, 0.717) is 10.6 Å². The molecule has 0 fully saturated rings. The predicted octanol–water partition coefficient (Wildman–Crippen LogP) is 5.14. The monoisotopic (exact) mass is 413 g/mol. The van der Waals surface area contributed by atoms with E-state index in [1.54, 1.807) is 24.3 Å². The van der Waals surface area contributed by atoms with Crippen molar-refractivity contribution in [2.24, 2.45) is 0 Å². The molecule has 3 rings (SSSR count). The zero-order valence-electron chi connectivity index (χ0n) is 13.5. The van der Waals surface area contributed by atoms with Gasteiger partial charge < -0.3 is 9.73 Å². The summed E-state index contributed by atoms with van der Waals surface area (Å²) in [6.07, 6.45) is -4.42. The Kier molecular flexibility index (Phi) is 5.71. The molecule has 1 N–H and O–H groups in total. The van der Waals surface area contributed by atoms with E-state index in [0.717, 1.165) is 23.9 Å². The minimum absolute atomic E-state index is 0.0384. The van der Waals surface area contributed by atoms with Crippen LogP contribution in [0, 0.1) is 0 Å². The number of anilines is 1. The number of hydrogen-bond donors (Lipinski definition) is 1. The number of hydrogen-bond acceptors (Lipinski definition) is 5. The van der Waals surface area contributed by atoms with Gasteiger partial charge in [0, 0.05) is 16.3 Å². The number of benzene rings is 2. The molecule has 1 aromatic heterocycles. The van der Waals surface area contributed by atoms with Gasteiger partial charge >= 0.3 is 6.18 Å². The minimum atomic E-state index is -4.42. The zero-order chi connectivity index (χ0) is 19.4. The number of amides is 1. The summed E-state index contributed by atoms with van der Waals surface area (Å²) in [6.45, 7) is 0. The van der Waals surface area contributed by atoms with Crippen molar-refractivity contribution in [3.8, 4) is 11.5 Å². The third-order valence-electron chi connectivity index (χ3n) is 3.32. The molecule has 0 aliphatic carbocycles. The van der Waals surface area contributed by atoms with Gasteiger partial charge in [-0.1, -0.05) is 23.4 Å². The highest BCUT2D eigenvalue weighted by atomic mass is 35.5. The van der Waals surface area contributed by atoms with Crippen molar-refractivity contribution in [2.75, 3.05) is 11.1 Å². The number of alkyl halides is 3. The molecule has 5 nitrogen and oxygen atoms in total. The highest BCUT2D eigenvalue weighted by Crippen LogP contribution is 2.30. The summed E-state index contributed by atoms with van der Waals surface area (Å²) in [5.41, 5.74) is 0.171. The molecular weight excluding hydrogens is 403 g/mol. The molecule has 0 unspecified atom stereocenters. The van der Waals surface area contributed by atoms with Crippen LogP contribution in [-0.2, 0) is 11.0 Å². The lowest BCUT2D eigenvalue weighted by Gasteiger charge is -2.08. The predicted molar refractivity (Wildman–Crippen MR) is 95.5 cm³/mol. The lowest BCUT2D eigenvalue weighted by atomic mass is 10.2. The molecule has 1 amide bonds. The van der Waals surface area contributed by atoms with Crippen molar-refractivity contribution in [1.82, 2.24) is 10.2 Å². The van der Waals surface area contributed by atoms with Crippen LogP contribution in [-0.4, -0.2) is 21.9 Å². The third kappa shape index (κ3) is 5.24. The first-order chi connectivity index (χ1) is 12.8. The molecule has 0 bridgehead atoms. The Morgan fingerprint density at radius 2 is 1.74 bits per heavy atom. The zero-order valence-corrected chi connectivity index (χ0v) is 15.0. The van der Waals surface area contributed by atoms with Gasteiger partial charge in [-0.25, -0.2) is 0 Å². The molecule has 10 heteroatoms.